The average molecular weight is 531 g/mol. The van der Waals surface area contributed by atoms with Gasteiger partial charge in [-0.15, -0.1) is 0 Å². The number of pyridine rings is 1. The van der Waals surface area contributed by atoms with Gasteiger partial charge in [0.05, 0.1) is 17.0 Å². The van der Waals surface area contributed by atoms with E-state index in [-0.39, 0.29) is 16.6 Å². The van der Waals surface area contributed by atoms with Crippen molar-refractivity contribution in [3.63, 3.8) is 0 Å². The van der Waals surface area contributed by atoms with E-state index in [0.717, 1.165) is 27.7 Å². The number of aryl methyl sites for hydroxylation is 1. The number of hydrogen-bond acceptors (Lipinski definition) is 7. The topological polar surface area (TPSA) is 100 Å². The van der Waals surface area contributed by atoms with Gasteiger partial charge in [0.1, 0.15) is 12.1 Å². The van der Waals surface area contributed by atoms with Gasteiger partial charge in [0.2, 0.25) is 10.0 Å². The first-order valence-corrected chi connectivity index (χ1v) is 13.1. The van der Waals surface area contributed by atoms with Crippen molar-refractivity contribution >= 4 is 61.3 Å². The molecule has 2 aromatic carbocycles. The second kappa shape index (κ2) is 10.3. The summed E-state index contributed by atoms with van der Waals surface area (Å²) in [5, 5.41) is 4.81. The molecule has 0 aliphatic carbocycles. The van der Waals surface area contributed by atoms with Crippen molar-refractivity contribution in [2.75, 3.05) is 36.4 Å². The fraction of sp³-hybridized carbons (Fsp3) is 0.208. The van der Waals surface area contributed by atoms with Gasteiger partial charge in [-0.1, -0.05) is 35.3 Å². The van der Waals surface area contributed by atoms with Crippen LogP contribution in [0.25, 0.3) is 22.0 Å². The zero-order valence-electron chi connectivity index (χ0n) is 19.4. The summed E-state index contributed by atoms with van der Waals surface area (Å²) in [6.45, 7) is 2.32. The van der Waals surface area contributed by atoms with Gasteiger partial charge in [-0.05, 0) is 62.5 Å². The van der Waals surface area contributed by atoms with E-state index in [9.17, 15) is 8.42 Å². The van der Waals surface area contributed by atoms with Crippen LogP contribution in [0.5, 0.6) is 0 Å². The lowest BCUT2D eigenvalue weighted by molar-refractivity contribution is 0.432. The molecule has 0 atom stereocenters. The molecule has 4 aromatic rings. The van der Waals surface area contributed by atoms with Crippen molar-refractivity contribution < 1.29 is 8.42 Å². The first-order chi connectivity index (χ1) is 16.6. The molecule has 0 spiro atoms. The van der Waals surface area contributed by atoms with Gasteiger partial charge in [0.25, 0.3) is 0 Å². The highest BCUT2D eigenvalue weighted by molar-refractivity contribution is 7.92. The van der Waals surface area contributed by atoms with Crippen LogP contribution < -0.4 is 10.0 Å². The number of benzene rings is 2. The highest BCUT2D eigenvalue weighted by Crippen LogP contribution is 2.32. The second-order valence-electron chi connectivity index (χ2n) is 8.33. The van der Waals surface area contributed by atoms with Crippen molar-refractivity contribution in [3.8, 4) is 11.1 Å². The van der Waals surface area contributed by atoms with E-state index in [4.69, 9.17) is 23.2 Å². The first kappa shape index (κ1) is 25.1. The minimum absolute atomic E-state index is 0.0636. The maximum Gasteiger partial charge on any atom is 0.234 e. The molecule has 2 heterocycles. The maximum atomic E-state index is 12.5. The Bertz CT molecular complexity index is 1500. The predicted molar refractivity (Wildman–Crippen MR) is 143 cm³/mol. The summed E-state index contributed by atoms with van der Waals surface area (Å²) in [5.41, 5.74) is 4.24. The van der Waals surface area contributed by atoms with E-state index in [2.05, 4.69) is 25.0 Å². The summed E-state index contributed by atoms with van der Waals surface area (Å²) in [6, 6.07) is 13.0. The Hall–Kier alpha value is -2.98. The molecule has 11 heteroatoms. The molecule has 0 fully saturated rings. The molecule has 2 N–H and O–H groups in total. The van der Waals surface area contributed by atoms with Crippen LogP contribution in [-0.2, 0) is 10.0 Å². The Morgan fingerprint density at radius 1 is 0.971 bits per heavy atom. The fourth-order valence-corrected chi connectivity index (χ4v) is 4.93. The standard InChI is InChI=1S/C24H24Cl2N6O2S/c1-15-4-6-18(12-20(15)25)30-24-19-10-16(5-7-21(19)28-14-29-24)17-11-22(23(26)27-13-17)31-35(33,34)9-8-32(2)3/h4-7,10-14,31H,8-9H2,1-3H3,(H,28,29,30). The molecule has 0 unspecified atom stereocenters. The molecule has 35 heavy (non-hydrogen) atoms. The number of nitrogens with zero attached hydrogens (tertiary/aromatic N) is 4. The van der Waals surface area contributed by atoms with Crippen molar-refractivity contribution in [1.82, 2.24) is 19.9 Å². The Kier molecular flexibility index (Phi) is 7.42. The number of fused-ring (bicyclic) bond motifs is 1. The molecule has 0 aliphatic heterocycles. The summed E-state index contributed by atoms with van der Waals surface area (Å²) in [4.78, 5) is 14.7. The van der Waals surface area contributed by atoms with Crippen LogP contribution in [0, 0.1) is 6.92 Å². The smallest absolute Gasteiger partial charge is 0.234 e. The summed E-state index contributed by atoms with van der Waals surface area (Å²) >= 11 is 12.5. The lowest BCUT2D eigenvalue weighted by atomic mass is 10.0. The van der Waals surface area contributed by atoms with E-state index >= 15 is 0 Å². The van der Waals surface area contributed by atoms with Crippen LogP contribution in [0.2, 0.25) is 10.2 Å². The Morgan fingerprint density at radius 2 is 1.77 bits per heavy atom. The van der Waals surface area contributed by atoms with Gasteiger partial charge in [-0.25, -0.2) is 23.4 Å². The number of nitrogens with one attached hydrogen (secondary N) is 2. The Labute approximate surface area is 214 Å². The number of hydrogen-bond donors (Lipinski definition) is 2. The van der Waals surface area contributed by atoms with Crippen molar-refractivity contribution in [1.29, 1.82) is 0 Å². The fourth-order valence-electron chi connectivity index (χ4n) is 3.34. The zero-order chi connectivity index (χ0) is 25.2. The van der Waals surface area contributed by atoms with Crippen LogP contribution >= 0.6 is 23.2 Å². The summed E-state index contributed by atoms with van der Waals surface area (Å²) < 4.78 is 27.5. The molecule has 8 nitrogen and oxygen atoms in total. The van der Waals surface area contributed by atoms with Crippen LogP contribution in [0.4, 0.5) is 17.2 Å². The molecule has 4 rings (SSSR count). The maximum absolute atomic E-state index is 12.5. The van der Waals surface area contributed by atoms with E-state index in [1.807, 2.05) is 57.4 Å². The highest BCUT2D eigenvalue weighted by atomic mass is 35.5. The lowest BCUT2D eigenvalue weighted by Gasteiger charge is -2.14. The minimum atomic E-state index is -3.59. The van der Waals surface area contributed by atoms with Crippen LogP contribution in [-0.4, -0.2) is 54.7 Å². The van der Waals surface area contributed by atoms with E-state index in [1.165, 1.54) is 6.33 Å². The molecular weight excluding hydrogens is 507 g/mol. The number of sulfonamides is 1. The van der Waals surface area contributed by atoms with Gasteiger partial charge in [-0.3, -0.25) is 4.72 Å². The molecule has 0 saturated carbocycles. The molecule has 2 aromatic heterocycles. The SMILES string of the molecule is Cc1ccc(Nc2ncnc3ccc(-c4cnc(Cl)c(NS(=O)(=O)CCN(C)C)c4)cc23)cc1Cl. The van der Waals surface area contributed by atoms with Crippen molar-refractivity contribution in [3.05, 3.63) is 70.7 Å². The van der Waals surface area contributed by atoms with Crippen LogP contribution in [0.3, 0.4) is 0 Å². The Morgan fingerprint density at radius 3 is 2.51 bits per heavy atom. The van der Waals surface area contributed by atoms with Crippen molar-refractivity contribution in [2.24, 2.45) is 0 Å². The molecule has 0 amide bonds. The summed E-state index contributed by atoms with van der Waals surface area (Å²) in [5.74, 6) is 0.551. The van der Waals surface area contributed by atoms with E-state index in [0.29, 0.717) is 22.9 Å². The molecule has 0 bridgehead atoms. The third kappa shape index (κ3) is 6.18. The van der Waals surface area contributed by atoms with Gasteiger partial charge >= 0.3 is 0 Å². The van der Waals surface area contributed by atoms with Gasteiger partial charge in [0, 0.05) is 34.4 Å². The lowest BCUT2D eigenvalue weighted by Crippen LogP contribution is -2.26. The van der Waals surface area contributed by atoms with Crippen LogP contribution in [0.1, 0.15) is 5.56 Å². The molecule has 0 saturated heterocycles. The van der Waals surface area contributed by atoms with Gasteiger partial charge in [0.15, 0.2) is 5.15 Å². The van der Waals surface area contributed by atoms with E-state index in [1.54, 1.807) is 17.2 Å². The van der Waals surface area contributed by atoms with Crippen molar-refractivity contribution in [2.45, 2.75) is 6.92 Å². The van der Waals surface area contributed by atoms with Crippen LogP contribution in [0.15, 0.2) is 55.0 Å². The predicted octanol–water partition coefficient (Wildman–Crippen LogP) is 5.35. The molecule has 0 aliphatic rings. The third-order valence-corrected chi connectivity index (χ3v) is 7.27. The second-order valence-corrected chi connectivity index (χ2v) is 10.9. The quantitative estimate of drug-likeness (QED) is 0.296. The summed E-state index contributed by atoms with van der Waals surface area (Å²) in [7, 11) is 0.0297. The first-order valence-electron chi connectivity index (χ1n) is 10.7. The molecule has 182 valence electrons. The number of anilines is 3. The normalized spacial score (nSPS) is 11.7. The van der Waals surface area contributed by atoms with E-state index < -0.39 is 10.0 Å². The largest absolute Gasteiger partial charge is 0.340 e. The monoisotopic (exact) mass is 530 g/mol. The Balaban J connectivity index is 1.68. The molecular formula is C24H24Cl2N6O2S. The summed E-state index contributed by atoms with van der Waals surface area (Å²) in [6.07, 6.45) is 3.09. The number of aromatic nitrogens is 3. The van der Waals surface area contributed by atoms with Gasteiger partial charge in [-0.2, -0.15) is 0 Å². The average Bonchev–Trinajstić information content (AvgIpc) is 2.81. The highest BCUT2D eigenvalue weighted by Gasteiger charge is 2.15. The van der Waals surface area contributed by atoms with Gasteiger partial charge < -0.3 is 10.2 Å². The number of halogens is 2. The zero-order valence-corrected chi connectivity index (χ0v) is 21.7. The number of rotatable bonds is 8. The molecule has 0 radical (unpaired) electrons. The third-order valence-electron chi connectivity index (χ3n) is 5.31. The minimum Gasteiger partial charge on any atom is -0.340 e.